The summed E-state index contributed by atoms with van der Waals surface area (Å²) >= 11 is 12.2. The van der Waals surface area contributed by atoms with E-state index in [-0.39, 0.29) is 24.8 Å². The van der Waals surface area contributed by atoms with Crippen LogP contribution in [0, 0.1) is 0 Å². The first-order valence-corrected chi connectivity index (χ1v) is 7.72. The van der Waals surface area contributed by atoms with Crippen molar-refractivity contribution in [3.8, 4) is 0 Å². The van der Waals surface area contributed by atoms with Crippen molar-refractivity contribution in [2.24, 2.45) is 0 Å². The number of nitrogens with one attached hydrogen (secondary N) is 1. The van der Waals surface area contributed by atoms with Gasteiger partial charge in [0, 0.05) is 33.0 Å². The Labute approximate surface area is 141 Å². The van der Waals surface area contributed by atoms with Gasteiger partial charge in [-0.05, 0) is 26.2 Å². The van der Waals surface area contributed by atoms with Crippen molar-refractivity contribution in [2.45, 2.75) is 13.3 Å². The summed E-state index contributed by atoms with van der Waals surface area (Å²) in [6, 6.07) is 5.03. The lowest BCUT2D eigenvalue weighted by atomic mass is 10.2. The number of halogens is 2. The summed E-state index contributed by atoms with van der Waals surface area (Å²) < 4.78 is 0. The number of hydrogen-bond acceptors (Lipinski definition) is 3. The zero-order chi connectivity index (χ0) is 16.7. The highest BCUT2D eigenvalue weighted by atomic mass is 35.5. The molecule has 0 saturated carbocycles. The predicted molar refractivity (Wildman–Crippen MR) is 90.7 cm³/mol. The molecule has 1 rings (SSSR count). The van der Waals surface area contributed by atoms with Crippen molar-refractivity contribution < 1.29 is 9.59 Å². The van der Waals surface area contributed by atoms with Crippen LogP contribution in [-0.2, 0) is 9.59 Å². The Kier molecular flexibility index (Phi) is 7.65. The second-order valence-electron chi connectivity index (χ2n) is 5.14. The van der Waals surface area contributed by atoms with Crippen LogP contribution in [0.3, 0.4) is 0 Å². The highest BCUT2D eigenvalue weighted by Crippen LogP contribution is 2.33. The monoisotopic (exact) mass is 345 g/mol. The smallest absolute Gasteiger partial charge is 0.223 e. The normalized spacial score (nSPS) is 10.6. The second-order valence-corrected chi connectivity index (χ2v) is 5.96. The van der Waals surface area contributed by atoms with E-state index in [0.29, 0.717) is 22.3 Å². The number of anilines is 1. The molecular weight excluding hydrogens is 325 g/mol. The third kappa shape index (κ3) is 5.83. The molecular formula is C15H21Cl2N3O2. The molecule has 0 heterocycles. The standard InChI is InChI=1S/C15H21Cl2N3O2/c1-11(21)20(15-12(16)5-4-6-13(15)17)9-7-14(22)18-8-10-19(2)3/h4-6H,7-10H2,1-3H3,(H,18,22). The largest absolute Gasteiger partial charge is 0.355 e. The van der Waals surface area contributed by atoms with Crippen LogP contribution < -0.4 is 10.2 Å². The molecule has 0 fully saturated rings. The van der Waals surface area contributed by atoms with E-state index in [1.54, 1.807) is 18.2 Å². The number of rotatable bonds is 7. The Bertz CT molecular complexity index is 515. The molecule has 1 aromatic rings. The van der Waals surface area contributed by atoms with Crippen LogP contribution in [0.2, 0.25) is 10.0 Å². The van der Waals surface area contributed by atoms with Crippen LogP contribution in [0.1, 0.15) is 13.3 Å². The fourth-order valence-electron chi connectivity index (χ4n) is 1.89. The van der Waals surface area contributed by atoms with E-state index in [1.165, 1.54) is 11.8 Å². The molecule has 122 valence electrons. The van der Waals surface area contributed by atoms with E-state index < -0.39 is 0 Å². The van der Waals surface area contributed by atoms with E-state index in [1.807, 2.05) is 19.0 Å². The summed E-state index contributed by atoms with van der Waals surface area (Å²) in [6.07, 6.45) is 0.189. The van der Waals surface area contributed by atoms with Crippen molar-refractivity contribution in [2.75, 3.05) is 38.6 Å². The van der Waals surface area contributed by atoms with E-state index in [9.17, 15) is 9.59 Å². The minimum absolute atomic E-state index is 0.115. The lowest BCUT2D eigenvalue weighted by Crippen LogP contribution is -2.36. The molecule has 0 unspecified atom stereocenters. The summed E-state index contributed by atoms with van der Waals surface area (Å²) in [7, 11) is 3.87. The van der Waals surface area contributed by atoms with Gasteiger partial charge in [-0.2, -0.15) is 0 Å². The van der Waals surface area contributed by atoms with Crippen molar-refractivity contribution in [1.82, 2.24) is 10.2 Å². The first-order chi connectivity index (χ1) is 10.3. The average molecular weight is 346 g/mol. The SMILES string of the molecule is CC(=O)N(CCC(=O)NCCN(C)C)c1c(Cl)cccc1Cl. The van der Waals surface area contributed by atoms with Gasteiger partial charge in [0.15, 0.2) is 0 Å². The number of nitrogens with zero attached hydrogens (tertiary/aromatic N) is 2. The average Bonchev–Trinajstić information content (AvgIpc) is 2.41. The topological polar surface area (TPSA) is 52.7 Å². The van der Waals surface area contributed by atoms with Gasteiger partial charge in [0.05, 0.1) is 15.7 Å². The van der Waals surface area contributed by atoms with E-state index in [4.69, 9.17) is 23.2 Å². The number of benzene rings is 1. The van der Waals surface area contributed by atoms with Crippen LogP contribution in [-0.4, -0.2) is 50.4 Å². The van der Waals surface area contributed by atoms with Gasteiger partial charge < -0.3 is 15.1 Å². The lowest BCUT2D eigenvalue weighted by Gasteiger charge is -2.23. The van der Waals surface area contributed by atoms with Gasteiger partial charge in [-0.15, -0.1) is 0 Å². The molecule has 1 aromatic carbocycles. The summed E-state index contributed by atoms with van der Waals surface area (Å²) in [6.45, 7) is 2.98. The van der Waals surface area contributed by atoms with Crippen LogP contribution in [0.5, 0.6) is 0 Å². The number of carbonyl (C=O) groups excluding carboxylic acids is 2. The molecule has 7 heteroatoms. The summed E-state index contributed by atoms with van der Waals surface area (Å²) in [4.78, 5) is 27.1. The van der Waals surface area contributed by atoms with Gasteiger partial charge in [0.2, 0.25) is 11.8 Å². The van der Waals surface area contributed by atoms with Gasteiger partial charge in [0.25, 0.3) is 0 Å². The van der Waals surface area contributed by atoms with Crippen molar-refractivity contribution >= 4 is 40.7 Å². The third-order valence-electron chi connectivity index (χ3n) is 3.03. The lowest BCUT2D eigenvalue weighted by molar-refractivity contribution is -0.121. The Hall–Kier alpha value is -1.30. The molecule has 0 aliphatic rings. The molecule has 1 N–H and O–H groups in total. The number of carbonyl (C=O) groups is 2. The number of para-hydroxylation sites is 1. The fraction of sp³-hybridized carbons (Fsp3) is 0.467. The third-order valence-corrected chi connectivity index (χ3v) is 3.64. The zero-order valence-electron chi connectivity index (χ0n) is 13.0. The van der Waals surface area contributed by atoms with Crippen molar-refractivity contribution in [1.29, 1.82) is 0 Å². The van der Waals surface area contributed by atoms with Gasteiger partial charge >= 0.3 is 0 Å². The van der Waals surface area contributed by atoms with Gasteiger partial charge in [-0.25, -0.2) is 0 Å². The van der Waals surface area contributed by atoms with Gasteiger partial charge in [-0.1, -0.05) is 29.3 Å². The molecule has 0 aliphatic heterocycles. The first kappa shape index (κ1) is 18.7. The van der Waals surface area contributed by atoms with Crippen LogP contribution >= 0.6 is 23.2 Å². The summed E-state index contributed by atoms with van der Waals surface area (Å²) in [5.41, 5.74) is 0.444. The maximum absolute atomic E-state index is 11.8. The minimum Gasteiger partial charge on any atom is -0.355 e. The molecule has 5 nitrogen and oxygen atoms in total. The molecule has 0 spiro atoms. The molecule has 0 saturated heterocycles. The predicted octanol–water partition coefficient (Wildman–Crippen LogP) is 2.41. The maximum atomic E-state index is 11.8. The number of hydrogen-bond donors (Lipinski definition) is 1. The summed E-state index contributed by atoms with van der Waals surface area (Å²) in [5, 5.41) is 3.57. The van der Waals surface area contributed by atoms with E-state index >= 15 is 0 Å². The molecule has 2 amide bonds. The summed E-state index contributed by atoms with van der Waals surface area (Å²) in [5.74, 6) is -0.327. The van der Waals surface area contributed by atoms with Crippen LogP contribution in [0.25, 0.3) is 0 Å². The minimum atomic E-state index is -0.212. The molecule has 22 heavy (non-hydrogen) atoms. The number of amides is 2. The Morgan fingerprint density at radius 3 is 2.23 bits per heavy atom. The van der Waals surface area contributed by atoms with Crippen LogP contribution in [0.15, 0.2) is 18.2 Å². The second kappa shape index (κ2) is 8.98. The molecule has 0 radical (unpaired) electrons. The highest BCUT2D eigenvalue weighted by molar-refractivity contribution is 6.39. The molecule has 0 aromatic heterocycles. The maximum Gasteiger partial charge on any atom is 0.223 e. The quantitative estimate of drug-likeness (QED) is 0.825. The Morgan fingerprint density at radius 1 is 1.14 bits per heavy atom. The zero-order valence-corrected chi connectivity index (χ0v) is 14.5. The van der Waals surface area contributed by atoms with E-state index in [2.05, 4.69) is 5.32 Å². The molecule has 0 atom stereocenters. The molecule has 0 aliphatic carbocycles. The first-order valence-electron chi connectivity index (χ1n) is 6.96. The number of likely N-dealkylation sites (N-methyl/N-ethyl adjacent to an activating group) is 1. The highest BCUT2D eigenvalue weighted by Gasteiger charge is 2.18. The van der Waals surface area contributed by atoms with E-state index in [0.717, 1.165) is 6.54 Å². The van der Waals surface area contributed by atoms with Gasteiger partial charge in [0.1, 0.15) is 0 Å². The fourth-order valence-corrected chi connectivity index (χ4v) is 2.50. The van der Waals surface area contributed by atoms with Crippen LogP contribution in [0.4, 0.5) is 5.69 Å². The van der Waals surface area contributed by atoms with Crippen molar-refractivity contribution in [3.05, 3.63) is 28.2 Å². The van der Waals surface area contributed by atoms with Gasteiger partial charge in [-0.3, -0.25) is 9.59 Å². The van der Waals surface area contributed by atoms with Crippen molar-refractivity contribution in [3.63, 3.8) is 0 Å². The Morgan fingerprint density at radius 2 is 1.73 bits per heavy atom. The molecule has 0 bridgehead atoms. The Balaban J connectivity index is 2.66.